The van der Waals surface area contributed by atoms with Gasteiger partial charge < -0.3 is 14.3 Å². The first-order valence-corrected chi connectivity index (χ1v) is 12.9. The van der Waals surface area contributed by atoms with Gasteiger partial charge in [0.15, 0.2) is 5.43 Å². The third-order valence-corrected chi connectivity index (χ3v) is 7.32. The summed E-state index contributed by atoms with van der Waals surface area (Å²) in [6, 6.07) is 10.4. The van der Waals surface area contributed by atoms with Crippen molar-refractivity contribution >= 4 is 43.1 Å². The zero-order chi connectivity index (χ0) is 25.2. The fraction of sp³-hybridized carbons (Fsp3) is 0.185. The van der Waals surface area contributed by atoms with Crippen molar-refractivity contribution in [3.8, 4) is 29.2 Å². The molecule has 3 heterocycles. The number of pyridine rings is 2. The summed E-state index contributed by atoms with van der Waals surface area (Å²) >= 11 is 0. The summed E-state index contributed by atoms with van der Waals surface area (Å²) in [6.07, 6.45) is 9.89. The molecule has 9 heteroatoms. The van der Waals surface area contributed by atoms with Crippen molar-refractivity contribution in [2.24, 2.45) is 0 Å². The lowest BCUT2D eigenvalue weighted by Crippen LogP contribution is -2.11. The first-order chi connectivity index (χ1) is 17.3. The van der Waals surface area contributed by atoms with Crippen LogP contribution in [0.5, 0.6) is 5.75 Å². The van der Waals surface area contributed by atoms with E-state index in [-0.39, 0.29) is 11.5 Å². The second kappa shape index (κ2) is 7.93. The van der Waals surface area contributed by atoms with Crippen LogP contribution in [0, 0.1) is 12.3 Å². The van der Waals surface area contributed by atoms with E-state index >= 15 is 0 Å². The lowest BCUT2D eigenvalue weighted by Gasteiger charge is -2.17. The molecule has 1 fully saturated rings. The Kier molecular flexibility index (Phi) is 4.92. The van der Waals surface area contributed by atoms with Gasteiger partial charge in [-0.1, -0.05) is 12.0 Å². The van der Waals surface area contributed by atoms with E-state index in [1.165, 1.54) is 12.3 Å². The van der Waals surface area contributed by atoms with Gasteiger partial charge in [-0.25, -0.2) is 0 Å². The predicted octanol–water partition coefficient (Wildman–Crippen LogP) is 5.07. The number of nitrogens with zero attached hydrogens (tertiary/aromatic N) is 2. The van der Waals surface area contributed by atoms with E-state index in [1.807, 2.05) is 25.1 Å². The summed E-state index contributed by atoms with van der Waals surface area (Å²) in [4.78, 5) is 20.6. The summed E-state index contributed by atoms with van der Waals surface area (Å²) in [5, 5.41) is 1.85. The number of hydrogen-bond acceptors (Lipinski definition) is 5. The molecule has 3 aromatic heterocycles. The molecule has 6 rings (SSSR count). The molecule has 36 heavy (non-hydrogen) atoms. The number of benzene rings is 2. The SMILES string of the molecule is C#Cc1ccc2c(c1)[nH]c1c2c(=O)c2cc(OCC)c(-c3cncc(S(=O)(=O)F)c3)cc2n1C1CC1. The van der Waals surface area contributed by atoms with Crippen LogP contribution in [0.2, 0.25) is 0 Å². The standard InChI is InChI=1S/C27H20FN3O4S/c1-3-15-5-8-19-22(9-15)30-27-25(19)26(32)21-12-24(35-4-2)20(11-23(21)31(27)17-6-7-17)16-10-18(14-29-13-16)36(28,33)34/h1,5,8-14,17,30H,4,6-7H2,2H3. The van der Waals surface area contributed by atoms with Crippen LogP contribution in [-0.4, -0.2) is 29.6 Å². The van der Waals surface area contributed by atoms with Gasteiger partial charge in [-0.2, -0.15) is 8.42 Å². The summed E-state index contributed by atoms with van der Waals surface area (Å²) < 4.78 is 44.7. The zero-order valence-corrected chi connectivity index (χ0v) is 20.0. The summed E-state index contributed by atoms with van der Waals surface area (Å²) in [6.45, 7) is 2.12. The maximum atomic E-state index is 13.8. The Morgan fingerprint density at radius 1 is 1.19 bits per heavy atom. The number of aromatic amines is 1. The lowest BCUT2D eigenvalue weighted by molar-refractivity contribution is 0.342. The molecule has 1 N–H and O–H groups in total. The quantitative estimate of drug-likeness (QED) is 0.268. The second-order valence-electron chi connectivity index (χ2n) is 8.83. The monoisotopic (exact) mass is 501 g/mol. The molecular weight excluding hydrogens is 481 g/mol. The molecule has 0 bridgehead atoms. The molecule has 0 spiro atoms. The van der Waals surface area contributed by atoms with Gasteiger partial charge >= 0.3 is 10.2 Å². The number of hydrogen-bond donors (Lipinski definition) is 1. The van der Waals surface area contributed by atoms with E-state index in [0.717, 1.165) is 29.9 Å². The number of halogens is 1. The van der Waals surface area contributed by atoms with Gasteiger partial charge in [-0.05, 0) is 50.1 Å². The van der Waals surface area contributed by atoms with Crippen LogP contribution in [0.4, 0.5) is 3.89 Å². The van der Waals surface area contributed by atoms with E-state index in [0.29, 0.717) is 51.0 Å². The molecule has 0 aliphatic heterocycles. The molecule has 0 saturated heterocycles. The Bertz CT molecular complexity index is 1930. The fourth-order valence-corrected chi connectivity index (χ4v) is 5.25. The first-order valence-electron chi connectivity index (χ1n) is 11.5. The Morgan fingerprint density at radius 2 is 2.00 bits per heavy atom. The number of nitrogens with one attached hydrogen (secondary N) is 1. The minimum atomic E-state index is -4.95. The van der Waals surface area contributed by atoms with Crippen LogP contribution in [0.3, 0.4) is 0 Å². The predicted molar refractivity (Wildman–Crippen MR) is 136 cm³/mol. The molecule has 2 aromatic carbocycles. The highest BCUT2D eigenvalue weighted by atomic mass is 32.3. The normalized spacial score (nSPS) is 13.9. The van der Waals surface area contributed by atoms with E-state index in [2.05, 4.69) is 20.5 Å². The van der Waals surface area contributed by atoms with Crippen LogP contribution >= 0.6 is 0 Å². The number of aromatic nitrogens is 3. The number of H-pyrrole nitrogens is 1. The van der Waals surface area contributed by atoms with Gasteiger partial charge in [0.25, 0.3) is 0 Å². The Morgan fingerprint density at radius 3 is 2.69 bits per heavy atom. The van der Waals surface area contributed by atoms with Crippen LogP contribution in [-0.2, 0) is 10.2 Å². The second-order valence-corrected chi connectivity index (χ2v) is 10.2. The Hall–Kier alpha value is -4.16. The molecule has 0 amide bonds. The number of rotatable bonds is 5. The van der Waals surface area contributed by atoms with Gasteiger partial charge in [-0.15, -0.1) is 10.3 Å². The van der Waals surface area contributed by atoms with E-state index in [1.54, 1.807) is 12.1 Å². The van der Waals surface area contributed by atoms with Gasteiger partial charge in [0.05, 0.1) is 22.9 Å². The molecule has 0 atom stereocenters. The maximum Gasteiger partial charge on any atom is 0.333 e. The van der Waals surface area contributed by atoms with Gasteiger partial charge in [-0.3, -0.25) is 9.78 Å². The van der Waals surface area contributed by atoms with E-state index < -0.39 is 15.1 Å². The van der Waals surface area contributed by atoms with Crippen molar-refractivity contribution in [1.29, 1.82) is 0 Å². The highest BCUT2D eigenvalue weighted by Gasteiger charge is 2.29. The van der Waals surface area contributed by atoms with Crippen molar-refractivity contribution in [2.45, 2.75) is 30.7 Å². The molecule has 1 aliphatic rings. The highest BCUT2D eigenvalue weighted by Crippen LogP contribution is 2.43. The molecular formula is C27H20FN3O4S. The van der Waals surface area contributed by atoms with Gasteiger partial charge in [0.2, 0.25) is 0 Å². The Balaban J connectivity index is 1.73. The van der Waals surface area contributed by atoms with Crippen molar-refractivity contribution in [2.75, 3.05) is 6.61 Å². The number of ether oxygens (including phenoxy) is 1. The van der Waals surface area contributed by atoms with Crippen LogP contribution in [0.25, 0.3) is 44.0 Å². The van der Waals surface area contributed by atoms with Crippen LogP contribution in [0.1, 0.15) is 31.4 Å². The zero-order valence-electron chi connectivity index (χ0n) is 19.2. The molecule has 1 saturated carbocycles. The molecule has 0 radical (unpaired) electrons. The highest BCUT2D eigenvalue weighted by molar-refractivity contribution is 7.86. The summed E-state index contributed by atoms with van der Waals surface area (Å²) in [5.74, 6) is 3.01. The molecule has 180 valence electrons. The minimum absolute atomic E-state index is 0.151. The van der Waals surface area contributed by atoms with E-state index in [9.17, 15) is 17.1 Å². The minimum Gasteiger partial charge on any atom is -0.493 e. The molecule has 5 aromatic rings. The van der Waals surface area contributed by atoms with Crippen molar-refractivity contribution in [1.82, 2.24) is 14.5 Å². The largest absolute Gasteiger partial charge is 0.493 e. The molecule has 0 unspecified atom stereocenters. The third-order valence-electron chi connectivity index (χ3n) is 6.53. The van der Waals surface area contributed by atoms with Crippen molar-refractivity contribution in [3.05, 3.63) is 64.6 Å². The smallest absolute Gasteiger partial charge is 0.333 e. The molecule has 7 nitrogen and oxygen atoms in total. The van der Waals surface area contributed by atoms with Crippen molar-refractivity contribution in [3.63, 3.8) is 0 Å². The van der Waals surface area contributed by atoms with E-state index in [4.69, 9.17) is 11.2 Å². The van der Waals surface area contributed by atoms with Crippen molar-refractivity contribution < 1.29 is 17.0 Å². The van der Waals surface area contributed by atoms with Crippen LogP contribution in [0.15, 0.2) is 58.5 Å². The number of fused-ring (bicyclic) bond motifs is 4. The fourth-order valence-electron chi connectivity index (χ4n) is 4.80. The van der Waals surface area contributed by atoms with Crippen LogP contribution < -0.4 is 10.2 Å². The number of terminal acetylenes is 1. The third kappa shape index (κ3) is 3.45. The lowest BCUT2D eigenvalue weighted by atomic mass is 10.0. The molecule has 1 aliphatic carbocycles. The van der Waals surface area contributed by atoms with Gasteiger partial charge in [0.1, 0.15) is 16.3 Å². The maximum absolute atomic E-state index is 13.8. The topological polar surface area (TPSA) is 94.1 Å². The van der Waals surface area contributed by atoms with Gasteiger partial charge in [0, 0.05) is 46.0 Å². The average Bonchev–Trinajstić information content (AvgIpc) is 3.62. The Labute approximate surface area is 205 Å². The first kappa shape index (κ1) is 22.3. The summed E-state index contributed by atoms with van der Waals surface area (Å²) in [7, 11) is -4.95. The summed E-state index contributed by atoms with van der Waals surface area (Å²) in [5.41, 5.74) is 3.59. The average molecular weight is 502 g/mol.